The van der Waals surface area contributed by atoms with Crippen molar-refractivity contribution in [3.05, 3.63) is 34.3 Å². The highest BCUT2D eigenvalue weighted by Crippen LogP contribution is 2.11. The average Bonchev–Trinajstić information content (AvgIpc) is 2.23. The molecule has 1 aromatic carbocycles. The van der Waals surface area contributed by atoms with Gasteiger partial charge in [-0.3, -0.25) is 4.79 Å². The zero-order valence-corrected chi connectivity index (χ0v) is 11.8. The fourth-order valence-electron chi connectivity index (χ4n) is 1.27. The Morgan fingerprint density at radius 2 is 2.12 bits per heavy atom. The van der Waals surface area contributed by atoms with Crippen LogP contribution >= 0.6 is 15.9 Å². The van der Waals surface area contributed by atoms with Gasteiger partial charge in [-0.15, -0.1) is 0 Å². The summed E-state index contributed by atoms with van der Waals surface area (Å²) in [5.41, 5.74) is 0.554. The fraction of sp³-hybridized carbons (Fsp3) is 0.364. The van der Waals surface area contributed by atoms with E-state index in [0.717, 1.165) is 4.47 Å². The summed E-state index contributed by atoms with van der Waals surface area (Å²) in [5, 5.41) is 2.67. The van der Waals surface area contributed by atoms with Crippen molar-refractivity contribution in [3.8, 4) is 0 Å². The molecule has 1 N–H and O–H groups in total. The number of nitrogens with one attached hydrogen (secondary N) is 1. The van der Waals surface area contributed by atoms with Crippen LogP contribution in [-0.2, 0) is 9.84 Å². The van der Waals surface area contributed by atoms with Crippen molar-refractivity contribution in [2.45, 2.75) is 6.42 Å². The zero-order chi connectivity index (χ0) is 12.9. The number of benzene rings is 1. The van der Waals surface area contributed by atoms with Crippen LogP contribution in [-0.4, -0.2) is 32.9 Å². The summed E-state index contributed by atoms with van der Waals surface area (Å²) < 4.78 is 22.6. The molecule has 1 amide bonds. The number of carbonyl (C=O) groups is 1. The highest BCUT2D eigenvalue weighted by atomic mass is 79.9. The van der Waals surface area contributed by atoms with Crippen LogP contribution in [0.5, 0.6) is 0 Å². The van der Waals surface area contributed by atoms with E-state index in [1.807, 2.05) is 6.07 Å². The van der Waals surface area contributed by atoms with E-state index in [1.165, 1.54) is 6.26 Å². The minimum Gasteiger partial charge on any atom is -0.352 e. The maximum absolute atomic E-state index is 11.6. The molecule has 0 radical (unpaired) electrons. The molecule has 0 spiro atoms. The second kappa shape index (κ2) is 6.16. The second-order valence-electron chi connectivity index (χ2n) is 3.75. The van der Waals surface area contributed by atoms with Gasteiger partial charge < -0.3 is 5.32 Å². The largest absolute Gasteiger partial charge is 0.352 e. The van der Waals surface area contributed by atoms with E-state index in [1.54, 1.807) is 18.2 Å². The predicted molar refractivity (Wildman–Crippen MR) is 70.8 cm³/mol. The topological polar surface area (TPSA) is 63.2 Å². The minimum atomic E-state index is -2.95. The van der Waals surface area contributed by atoms with Crippen LogP contribution in [0.1, 0.15) is 16.8 Å². The first kappa shape index (κ1) is 14.2. The number of hydrogen-bond donors (Lipinski definition) is 1. The number of halogens is 1. The Hall–Kier alpha value is -0.880. The lowest BCUT2D eigenvalue weighted by Gasteiger charge is -2.04. The van der Waals surface area contributed by atoms with Gasteiger partial charge in [0, 0.05) is 22.8 Å². The van der Waals surface area contributed by atoms with Crippen LogP contribution in [0.4, 0.5) is 0 Å². The average molecular weight is 320 g/mol. The second-order valence-corrected chi connectivity index (χ2v) is 6.93. The van der Waals surface area contributed by atoms with Crippen molar-refractivity contribution < 1.29 is 13.2 Å². The molecule has 0 heterocycles. The Kier molecular flexibility index (Phi) is 5.14. The summed E-state index contributed by atoms with van der Waals surface area (Å²) in [6, 6.07) is 7.03. The number of carbonyl (C=O) groups excluding carboxylic acids is 1. The monoisotopic (exact) mass is 319 g/mol. The molecule has 0 atom stereocenters. The maximum atomic E-state index is 11.6. The van der Waals surface area contributed by atoms with E-state index in [2.05, 4.69) is 21.2 Å². The standard InChI is InChI=1S/C11H14BrNO3S/c1-17(15,16)7-3-6-13-11(14)9-4-2-5-10(12)8-9/h2,4-5,8H,3,6-7H2,1H3,(H,13,14). The minimum absolute atomic E-state index is 0.0891. The lowest BCUT2D eigenvalue weighted by molar-refractivity contribution is 0.0953. The van der Waals surface area contributed by atoms with Gasteiger partial charge in [0.2, 0.25) is 0 Å². The first-order chi connectivity index (χ1) is 7.88. The van der Waals surface area contributed by atoms with Gasteiger partial charge in [0.05, 0.1) is 5.75 Å². The molecule has 0 bridgehead atoms. The summed E-state index contributed by atoms with van der Waals surface area (Å²) in [5.74, 6) is -0.106. The van der Waals surface area contributed by atoms with Crippen LogP contribution in [0, 0.1) is 0 Å². The number of sulfone groups is 1. The molecule has 0 aromatic heterocycles. The van der Waals surface area contributed by atoms with Crippen molar-refractivity contribution in [1.82, 2.24) is 5.32 Å². The molecule has 1 aromatic rings. The normalized spacial score (nSPS) is 11.2. The molecule has 0 aliphatic carbocycles. The van der Waals surface area contributed by atoms with Gasteiger partial charge in [-0.2, -0.15) is 0 Å². The van der Waals surface area contributed by atoms with Crippen LogP contribution in [0.3, 0.4) is 0 Å². The van der Waals surface area contributed by atoms with Gasteiger partial charge in [0.25, 0.3) is 5.91 Å². The van der Waals surface area contributed by atoms with Crippen molar-refractivity contribution >= 4 is 31.7 Å². The smallest absolute Gasteiger partial charge is 0.251 e. The first-order valence-electron chi connectivity index (χ1n) is 5.10. The molecule has 6 heteroatoms. The molecule has 17 heavy (non-hydrogen) atoms. The third kappa shape index (κ3) is 5.83. The van der Waals surface area contributed by atoms with Crippen LogP contribution in [0.2, 0.25) is 0 Å². The van der Waals surface area contributed by atoms with Crippen LogP contribution in [0.25, 0.3) is 0 Å². The van der Waals surface area contributed by atoms with E-state index < -0.39 is 9.84 Å². The SMILES string of the molecule is CS(=O)(=O)CCCNC(=O)c1cccc(Br)c1. The number of amides is 1. The van der Waals surface area contributed by atoms with Crippen LogP contribution < -0.4 is 5.32 Å². The van der Waals surface area contributed by atoms with Gasteiger partial charge in [-0.05, 0) is 24.6 Å². The van der Waals surface area contributed by atoms with Crippen molar-refractivity contribution in [3.63, 3.8) is 0 Å². The highest BCUT2D eigenvalue weighted by Gasteiger charge is 2.06. The molecule has 0 fully saturated rings. The number of hydrogen-bond acceptors (Lipinski definition) is 3. The third-order valence-corrected chi connectivity index (χ3v) is 3.59. The van der Waals surface area contributed by atoms with Crippen LogP contribution in [0.15, 0.2) is 28.7 Å². The Bertz CT molecular complexity index is 499. The fourth-order valence-corrected chi connectivity index (χ4v) is 2.34. The molecule has 0 aliphatic heterocycles. The van der Waals surface area contributed by atoms with Gasteiger partial charge >= 0.3 is 0 Å². The molecule has 1 rings (SSSR count). The van der Waals surface area contributed by atoms with E-state index in [4.69, 9.17) is 0 Å². The molecule has 4 nitrogen and oxygen atoms in total. The maximum Gasteiger partial charge on any atom is 0.251 e. The van der Waals surface area contributed by atoms with E-state index in [-0.39, 0.29) is 11.7 Å². The van der Waals surface area contributed by atoms with Gasteiger partial charge in [0.15, 0.2) is 0 Å². The van der Waals surface area contributed by atoms with E-state index in [0.29, 0.717) is 18.5 Å². The Morgan fingerprint density at radius 1 is 1.41 bits per heavy atom. The summed E-state index contributed by atoms with van der Waals surface area (Å²) in [4.78, 5) is 11.6. The van der Waals surface area contributed by atoms with Gasteiger partial charge in [-0.25, -0.2) is 8.42 Å². The number of rotatable bonds is 5. The molecule has 94 valence electrons. The Labute approximate surface area is 109 Å². The molecular weight excluding hydrogens is 306 g/mol. The lowest BCUT2D eigenvalue weighted by Crippen LogP contribution is -2.25. The molecule has 0 saturated heterocycles. The highest BCUT2D eigenvalue weighted by molar-refractivity contribution is 9.10. The predicted octanol–water partition coefficient (Wildman–Crippen LogP) is 1.61. The molecule has 0 saturated carbocycles. The summed E-state index contributed by atoms with van der Waals surface area (Å²) in [7, 11) is -2.95. The molecule has 0 aliphatic rings. The van der Waals surface area contributed by atoms with E-state index >= 15 is 0 Å². The van der Waals surface area contributed by atoms with Crippen molar-refractivity contribution in [2.24, 2.45) is 0 Å². The Balaban J connectivity index is 2.41. The summed E-state index contributed by atoms with van der Waals surface area (Å²) in [6.45, 7) is 0.360. The quantitative estimate of drug-likeness (QED) is 0.839. The first-order valence-corrected chi connectivity index (χ1v) is 7.95. The summed E-state index contributed by atoms with van der Waals surface area (Å²) >= 11 is 3.28. The van der Waals surface area contributed by atoms with Crippen molar-refractivity contribution in [1.29, 1.82) is 0 Å². The van der Waals surface area contributed by atoms with Gasteiger partial charge in [-0.1, -0.05) is 22.0 Å². The van der Waals surface area contributed by atoms with Crippen molar-refractivity contribution in [2.75, 3.05) is 18.6 Å². The van der Waals surface area contributed by atoms with E-state index in [9.17, 15) is 13.2 Å². The third-order valence-electron chi connectivity index (χ3n) is 2.06. The summed E-state index contributed by atoms with van der Waals surface area (Å²) in [6.07, 6.45) is 1.61. The lowest BCUT2D eigenvalue weighted by atomic mass is 10.2. The molecular formula is C11H14BrNO3S. The van der Waals surface area contributed by atoms with Gasteiger partial charge in [0.1, 0.15) is 9.84 Å². The molecule has 0 unspecified atom stereocenters. The zero-order valence-electron chi connectivity index (χ0n) is 9.44. The Morgan fingerprint density at radius 3 is 2.71 bits per heavy atom.